The topological polar surface area (TPSA) is 47.6 Å². The Morgan fingerprint density at radius 2 is 1.92 bits per heavy atom. The van der Waals surface area contributed by atoms with Crippen molar-refractivity contribution in [1.82, 2.24) is 5.32 Å². The second kappa shape index (κ2) is 7.91. The molecule has 1 aromatic carbocycles. The smallest absolute Gasteiger partial charge is 0.223 e. The van der Waals surface area contributed by atoms with Crippen molar-refractivity contribution in [2.75, 3.05) is 19.8 Å². The third kappa shape index (κ3) is 3.85. The van der Waals surface area contributed by atoms with Crippen LogP contribution in [0.5, 0.6) is 11.5 Å². The number of hydrogen-bond acceptors (Lipinski definition) is 3. The molecule has 132 valence electrons. The molecule has 1 amide bonds. The summed E-state index contributed by atoms with van der Waals surface area (Å²) in [4.78, 5) is 12.4. The van der Waals surface area contributed by atoms with E-state index in [9.17, 15) is 4.79 Å². The molecular formula is C20H29NO3. The number of hydrogen-bond donors (Lipinski definition) is 1. The second-order valence-corrected chi connectivity index (χ2v) is 6.97. The quantitative estimate of drug-likeness (QED) is 0.792. The minimum Gasteiger partial charge on any atom is -0.490 e. The third-order valence-electron chi connectivity index (χ3n) is 5.40. The Bertz CT molecular complexity index is 572. The summed E-state index contributed by atoms with van der Waals surface area (Å²) in [5, 5.41) is 3.14. The van der Waals surface area contributed by atoms with Crippen LogP contribution >= 0.6 is 0 Å². The lowest BCUT2D eigenvalue weighted by Gasteiger charge is -2.20. The van der Waals surface area contributed by atoms with Gasteiger partial charge in [0, 0.05) is 12.5 Å². The Labute approximate surface area is 144 Å². The summed E-state index contributed by atoms with van der Waals surface area (Å²) in [6, 6.07) is 6.04. The monoisotopic (exact) mass is 331 g/mol. The fourth-order valence-electron chi connectivity index (χ4n) is 4.28. The molecule has 0 aliphatic heterocycles. The predicted octanol–water partition coefficient (Wildman–Crippen LogP) is 3.58. The predicted molar refractivity (Wildman–Crippen MR) is 94.4 cm³/mol. The van der Waals surface area contributed by atoms with Crippen molar-refractivity contribution in [2.24, 2.45) is 17.8 Å². The van der Waals surface area contributed by atoms with E-state index in [1.54, 1.807) is 0 Å². The van der Waals surface area contributed by atoms with E-state index in [1.165, 1.54) is 19.3 Å². The first-order chi connectivity index (χ1) is 11.7. The Hall–Kier alpha value is -1.71. The van der Waals surface area contributed by atoms with Crippen molar-refractivity contribution < 1.29 is 14.3 Å². The first-order valence-corrected chi connectivity index (χ1v) is 9.37. The van der Waals surface area contributed by atoms with E-state index in [-0.39, 0.29) is 11.8 Å². The van der Waals surface area contributed by atoms with E-state index >= 15 is 0 Å². The van der Waals surface area contributed by atoms with Crippen molar-refractivity contribution in [3.8, 4) is 11.5 Å². The van der Waals surface area contributed by atoms with Crippen LogP contribution in [0.3, 0.4) is 0 Å². The van der Waals surface area contributed by atoms with Gasteiger partial charge in [0.1, 0.15) is 0 Å². The SMILES string of the molecule is CCOc1ccc(CCNC(=O)C2CC3CCC2C3)cc1OCC. The van der Waals surface area contributed by atoms with Crippen LogP contribution in [0, 0.1) is 17.8 Å². The molecule has 0 radical (unpaired) electrons. The molecule has 0 spiro atoms. The summed E-state index contributed by atoms with van der Waals surface area (Å²) in [5.74, 6) is 3.56. The highest BCUT2D eigenvalue weighted by atomic mass is 16.5. The summed E-state index contributed by atoms with van der Waals surface area (Å²) in [6.07, 6.45) is 5.78. The van der Waals surface area contributed by atoms with Gasteiger partial charge in [-0.3, -0.25) is 4.79 Å². The van der Waals surface area contributed by atoms with E-state index in [4.69, 9.17) is 9.47 Å². The third-order valence-corrected chi connectivity index (χ3v) is 5.40. The van der Waals surface area contributed by atoms with Crippen LogP contribution < -0.4 is 14.8 Å². The molecule has 0 heterocycles. The van der Waals surface area contributed by atoms with Gasteiger partial charge >= 0.3 is 0 Å². The minimum absolute atomic E-state index is 0.262. The molecule has 2 aliphatic carbocycles. The summed E-state index contributed by atoms with van der Waals surface area (Å²) < 4.78 is 11.2. The number of amides is 1. The Balaban J connectivity index is 1.51. The summed E-state index contributed by atoms with van der Waals surface area (Å²) in [5.41, 5.74) is 1.16. The van der Waals surface area contributed by atoms with Gasteiger partial charge in [0.25, 0.3) is 0 Å². The van der Waals surface area contributed by atoms with E-state index in [1.807, 2.05) is 26.0 Å². The molecule has 1 N–H and O–H groups in total. The maximum Gasteiger partial charge on any atom is 0.223 e. The Morgan fingerprint density at radius 1 is 1.12 bits per heavy atom. The largest absolute Gasteiger partial charge is 0.490 e. The number of rotatable bonds is 8. The van der Waals surface area contributed by atoms with Gasteiger partial charge in [0.15, 0.2) is 11.5 Å². The van der Waals surface area contributed by atoms with Gasteiger partial charge in [-0.2, -0.15) is 0 Å². The van der Waals surface area contributed by atoms with Crippen molar-refractivity contribution in [3.05, 3.63) is 23.8 Å². The molecule has 1 aromatic rings. The van der Waals surface area contributed by atoms with Gasteiger partial charge in [-0.25, -0.2) is 0 Å². The molecule has 4 nitrogen and oxygen atoms in total. The van der Waals surface area contributed by atoms with Crippen molar-refractivity contribution >= 4 is 5.91 Å². The maximum atomic E-state index is 12.4. The van der Waals surface area contributed by atoms with Gasteiger partial charge in [-0.05, 0) is 69.1 Å². The summed E-state index contributed by atoms with van der Waals surface area (Å²) >= 11 is 0. The zero-order chi connectivity index (χ0) is 16.9. The molecule has 4 heteroatoms. The van der Waals surface area contributed by atoms with Crippen LogP contribution in [0.2, 0.25) is 0 Å². The highest BCUT2D eigenvalue weighted by molar-refractivity contribution is 5.79. The number of ether oxygens (including phenoxy) is 2. The molecule has 24 heavy (non-hydrogen) atoms. The van der Waals surface area contributed by atoms with Gasteiger partial charge in [-0.15, -0.1) is 0 Å². The highest BCUT2D eigenvalue weighted by Crippen LogP contribution is 2.48. The highest BCUT2D eigenvalue weighted by Gasteiger charge is 2.42. The lowest BCUT2D eigenvalue weighted by atomic mass is 9.88. The zero-order valence-corrected chi connectivity index (χ0v) is 14.8. The van der Waals surface area contributed by atoms with Gasteiger partial charge in [0.2, 0.25) is 5.91 Å². The van der Waals surface area contributed by atoms with Gasteiger partial charge < -0.3 is 14.8 Å². The summed E-state index contributed by atoms with van der Waals surface area (Å²) in [7, 11) is 0. The Morgan fingerprint density at radius 3 is 2.58 bits per heavy atom. The zero-order valence-electron chi connectivity index (χ0n) is 14.8. The van der Waals surface area contributed by atoms with Crippen LogP contribution in [0.1, 0.15) is 45.1 Å². The van der Waals surface area contributed by atoms with Crippen LogP contribution in [0.4, 0.5) is 0 Å². The lowest BCUT2D eigenvalue weighted by Crippen LogP contribution is -2.34. The molecule has 0 aromatic heterocycles. The van der Waals surface area contributed by atoms with Gasteiger partial charge in [0.05, 0.1) is 13.2 Å². The lowest BCUT2D eigenvalue weighted by molar-refractivity contribution is -0.126. The van der Waals surface area contributed by atoms with Gasteiger partial charge in [-0.1, -0.05) is 12.5 Å². The standard InChI is InChI=1S/C20H29NO3/c1-3-23-18-8-6-14(13-19(18)24-4-2)9-10-21-20(22)17-12-15-5-7-16(17)11-15/h6,8,13,15-17H,3-5,7,9-12H2,1-2H3,(H,21,22). The first kappa shape index (κ1) is 17.1. The minimum atomic E-state index is 0.262. The molecule has 2 fully saturated rings. The number of benzene rings is 1. The van der Waals surface area contributed by atoms with Crippen LogP contribution in [-0.2, 0) is 11.2 Å². The van der Waals surface area contributed by atoms with Crippen LogP contribution in [0.25, 0.3) is 0 Å². The molecular weight excluding hydrogens is 302 g/mol. The number of nitrogens with one attached hydrogen (secondary N) is 1. The Kier molecular flexibility index (Phi) is 5.64. The fourth-order valence-corrected chi connectivity index (χ4v) is 4.28. The van der Waals surface area contributed by atoms with E-state index in [2.05, 4.69) is 11.4 Å². The number of carbonyl (C=O) groups is 1. The molecule has 2 aliphatic rings. The van der Waals surface area contributed by atoms with Crippen LogP contribution in [0.15, 0.2) is 18.2 Å². The molecule has 3 unspecified atom stereocenters. The summed E-state index contributed by atoms with van der Waals surface area (Å²) in [6.45, 7) is 5.86. The number of fused-ring (bicyclic) bond motifs is 2. The van der Waals surface area contributed by atoms with E-state index < -0.39 is 0 Å². The average Bonchev–Trinajstić information content (AvgIpc) is 3.20. The van der Waals surface area contributed by atoms with Crippen molar-refractivity contribution in [3.63, 3.8) is 0 Å². The van der Waals surface area contributed by atoms with Crippen molar-refractivity contribution in [1.29, 1.82) is 0 Å². The maximum absolute atomic E-state index is 12.4. The molecule has 0 saturated heterocycles. The average molecular weight is 331 g/mol. The first-order valence-electron chi connectivity index (χ1n) is 9.37. The number of carbonyl (C=O) groups excluding carboxylic acids is 1. The molecule has 3 atom stereocenters. The molecule has 2 bridgehead atoms. The van der Waals surface area contributed by atoms with E-state index in [0.29, 0.717) is 25.7 Å². The van der Waals surface area contributed by atoms with Crippen LogP contribution in [-0.4, -0.2) is 25.7 Å². The van der Waals surface area contributed by atoms with Crippen molar-refractivity contribution in [2.45, 2.75) is 46.0 Å². The second-order valence-electron chi connectivity index (χ2n) is 6.97. The fraction of sp³-hybridized carbons (Fsp3) is 0.650. The normalized spacial score (nSPS) is 24.8. The van der Waals surface area contributed by atoms with E-state index in [0.717, 1.165) is 35.8 Å². The molecule has 2 saturated carbocycles. The molecule has 3 rings (SSSR count).